The number of hydrogen-bond acceptors (Lipinski definition) is 6. The number of aliphatic hydroxyl groups is 1. The lowest BCUT2D eigenvalue weighted by Crippen LogP contribution is -2.29. The molecule has 36 heavy (non-hydrogen) atoms. The van der Waals surface area contributed by atoms with E-state index in [1.807, 2.05) is 0 Å². The van der Waals surface area contributed by atoms with Gasteiger partial charge >= 0.3 is 6.36 Å². The van der Waals surface area contributed by atoms with Crippen LogP contribution in [0.25, 0.3) is 5.76 Å². The number of alkyl halides is 3. The Bertz CT molecular complexity index is 1330. The topological polar surface area (TPSA) is 85.3 Å². The molecule has 0 radical (unpaired) electrons. The molecule has 1 unspecified atom stereocenters. The van der Waals surface area contributed by atoms with Crippen LogP contribution in [0.4, 0.5) is 18.9 Å². The van der Waals surface area contributed by atoms with Crippen LogP contribution in [0.5, 0.6) is 17.2 Å². The van der Waals surface area contributed by atoms with E-state index in [-0.39, 0.29) is 16.8 Å². The van der Waals surface area contributed by atoms with Gasteiger partial charge < -0.3 is 19.3 Å². The van der Waals surface area contributed by atoms with Crippen molar-refractivity contribution in [1.29, 1.82) is 0 Å². The van der Waals surface area contributed by atoms with Crippen LogP contribution in [0.15, 0.2) is 78.4 Å². The first-order valence-electron chi connectivity index (χ1n) is 10.6. The number of hydrogen-bond donors (Lipinski definition) is 1. The molecule has 3 aromatic rings. The molecule has 1 amide bonds. The summed E-state index contributed by atoms with van der Waals surface area (Å²) < 4.78 is 52.8. The third-order valence-electron chi connectivity index (χ3n) is 5.55. The van der Waals surface area contributed by atoms with Crippen LogP contribution in [0.3, 0.4) is 0 Å². The summed E-state index contributed by atoms with van der Waals surface area (Å²) in [6.07, 6.45) is -4.95. The number of carbonyl (C=O) groups is 2. The van der Waals surface area contributed by atoms with Gasteiger partial charge in [-0.1, -0.05) is 18.2 Å². The van der Waals surface area contributed by atoms with Gasteiger partial charge in [-0.3, -0.25) is 14.5 Å². The number of halogens is 3. The monoisotopic (exact) mass is 499 g/mol. The Balaban J connectivity index is 1.90. The number of benzene rings is 3. The molecular weight excluding hydrogens is 479 g/mol. The highest BCUT2D eigenvalue weighted by Gasteiger charge is 2.47. The number of methoxy groups -OCH3 is 2. The van der Waals surface area contributed by atoms with Gasteiger partial charge in [0.05, 0.1) is 25.8 Å². The van der Waals surface area contributed by atoms with Gasteiger partial charge in [0.25, 0.3) is 11.7 Å². The Labute approximate surface area is 203 Å². The third kappa shape index (κ3) is 4.83. The second-order valence-corrected chi connectivity index (χ2v) is 7.72. The van der Waals surface area contributed by atoms with Gasteiger partial charge in [0.1, 0.15) is 23.0 Å². The van der Waals surface area contributed by atoms with Gasteiger partial charge in [0, 0.05) is 17.3 Å². The molecule has 1 saturated heterocycles. The summed E-state index contributed by atoms with van der Waals surface area (Å²) in [7, 11) is 2.91. The van der Waals surface area contributed by atoms with Crippen molar-refractivity contribution in [2.45, 2.75) is 12.4 Å². The fourth-order valence-electron chi connectivity index (χ4n) is 3.96. The zero-order chi connectivity index (χ0) is 26.0. The molecule has 1 atom stereocenters. The average Bonchev–Trinajstić information content (AvgIpc) is 3.13. The number of rotatable bonds is 6. The standard InChI is InChI=1S/C26H20F3NO6/c1-34-18-11-9-15(10-12-18)23(31)21-22(16-5-3-7-19(13-16)35-2)30(25(33)24(21)32)17-6-4-8-20(14-17)36-26(27,28)29/h3-14,22,31H,1-2H3/b23-21+. The van der Waals surface area contributed by atoms with Crippen molar-refractivity contribution < 1.29 is 42.1 Å². The Morgan fingerprint density at radius 1 is 0.861 bits per heavy atom. The van der Waals surface area contributed by atoms with Crippen LogP contribution in [0.2, 0.25) is 0 Å². The normalized spacial score (nSPS) is 17.2. The molecule has 1 N–H and O–H groups in total. The molecule has 7 nitrogen and oxygen atoms in total. The Hall–Kier alpha value is -4.47. The quantitative estimate of drug-likeness (QED) is 0.284. The van der Waals surface area contributed by atoms with E-state index in [2.05, 4.69) is 4.74 Å². The van der Waals surface area contributed by atoms with Gasteiger partial charge in [-0.15, -0.1) is 13.2 Å². The van der Waals surface area contributed by atoms with Crippen LogP contribution in [0, 0.1) is 0 Å². The van der Waals surface area contributed by atoms with E-state index in [1.54, 1.807) is 36.4 Å². The van der Waals surface area contributed by atoms with Gasteiger partial charge in [0.2, 0.25) is 0 Å². The van der Waals surface area contributed by atoms with Crippen molar-refractivity contribution in [2.24, 2.45) is 0 Å². The number of aliphatic hydroxyl groups excluding tert-OH is 1. The largest absolute Gasteiger partial charge is 0.573 e. The molecule has 186 valence electrons. The van der Waals surface area contributed by atoms with Gasteiger partial charge in [-0.25, -0.2) is 0 Å². The van der Waals surface area contributed by atoms with Gasteiger partial charge in [-0.05, 0) is 54.1 Å². The molecule has 0 aliphatic carbocycles. The van der Waals surface area contributed by atoms with Crippen LogP contribution in [0.1, 0.15) is 17.2 Å². The lowest BCUT2D eigenvalue weighted by molar-refractivity contribution is -0.274. The molecule has 4 rings (SSSR count). The van der Waals surface area contributed by atoms with E-state index >= 15 is 0 Å². The maximum atomic E-state index is 13.2. The Morgan fingerprint density at radius 3 is 2.14 bits per heavy atom. The van der Waals surface area contributed by atoms with Crippen LogP contribution in [-0.4, -0.2) is 37.4 Å². The van der Waals surface area contributed by atoms with Crippen LogP contribution < -0.4 is 19.1 Å². The molecule has 1 aliphatic rings. The molecule has 0 bridgehead atoms. The lowest BCUT2D eigenvalue weighted by Gasteiger charge is -2.26. The summed E-state index contributed by atoms with van der Waals surface area (Å²) >= 11 is 0. The molecule has 1 heterocycles. The first-order chi connectivity index (χ1) is 17.1. The zero-order valence-electron chi connectivity index (χ0n) is 19.1. The summed E-state index contributed by atoms with van der Waals surface area (Å²) in [5.41, 5.74) is 0.377. The minimum atomic E-state index is -4.95. The van der Waals surface area contributed by atoms with E-state index < -0.39 is 35.6 Å². The van der Waals surface area contributed by atoms with Crippen molar-refractivity contribution >= 4 is 23.1 Å². The number of carbonyl (C=O) groups excluding carboxylic acids is 2. The summed E-state index contributed by atoms with van der Waals surface area (Å²) in [4.78, 5) is 27.4. The van der Waals surface area contributed by atoms with E-state index in [1.165, 1.54) is 38.5 Å². The summed E-state index contributed by atoms with van der Waals surface area (Å²) in [5, 5.41) is 11.1. The van der Waals surface area contributed by atoms with E-state index in [9.17, 15) is 27.9 Å². The Morgan fingerprint density at radius 2 is 1.50 bits per heavy atom. The second kappa shape index (κ2) is 9.65. The summed E-state index contributed by atoms with van der Waals surface area (Å²) in [6.45, 7) is 0. The smallest absolute Gasteiger partial charge is 0.507 e. The number of ether oxygens (including phenoxy) is 3. The number of Topliss-reactive ketones (excluding diaryl/α,β-unsaturated/α-hetero) is 1. The summed E-state index contributed by atoms with van der Waals surface area (Å²) in [6, 6.07) is 16.2. The Kier molecular flexibility index (Phi) is 6.61. The van der Waals surface area contributed by atoms with Crippen molar-refractivity contribution in [1.82, 2.24) is 0 Å². The number of ketones is 1. The molecule has 0 spiro atoms. The van der Waals surface area contributed by atoms with E-state index in [0.717, 1.165) is 17.0 Å². The number of amides is 1. The number of nitrogens with zero attached hydrogens (tertiary/aromatic N) is 1. The maximum Gasteiger partial charge on any atom is 0.573 e. The highest BCUT2D eigenvalue weighted by atomic mass is 19.4. The molecule has 0 aromatic heterocycles. The summed E-state index contributed by atoms with van der Waals surface area (Å²) in [5.74, 6) is -2.12. The van der Waals surface area contributed by atoms with Crippen molar-refractivity contribution in [3.63, 3.8) is 0 Å². The average molecular weight is 499 g/mol. The molecule has 0 saturated carbocycles. The highest BCUT2D eigenvalue weighted by Crippen LogP contribution is 2.43. The van der Waals surface area contributed by atoms with E-state index in [4.69, 9.17) is 9.47 Å². The van der Waals surface area contributed by atoms with E-state index in [0.29, 0.717) is 17.1 Å². The van der Waals surface area contributed by atoms with Gasteiger partial charge in [0.15, 0.2) is 0 Å². The lowest BCUT2D eigenvalue weighted by atomic mass is 9.95. The first-order valence-corrected chi connectivity index (χ1v) is 10.6. The fraction of sp³-hybridized carbons (Fsp3) is 0.154. The van der Waals surface area contributed by atoms with Crippen molar-refractivity contribution in [3.05, 3.63) is 89.5 Å². The SMILES string of the molecule is COc1ccc(/C(O)=C2\C(=O)C(=O)N(c3cccc(OC(F)(F)F)c3)C2c2cccc(OC)c2)cc1. The number of anilines is 1. The molecule has 1 fully saturated rings. The second-order valence-electron chi connectivity index (χ2n) is 7.72. The zero-order valence-corrected chi connectivity index (χ0v) is 19.1. The van der Waals surface area contributed by atoms with Crippen molar-refractivity contribution in [2.75, 3.05) is 19.1 Å². The van der Waals surface area contributed by atoms with Crippen LogP contribution >= 0.6 is 0 Å². The maximum absolute atomic E-state index is 13.2. The van der Waals surface area contributed by atoms with Gasteiger partial charge in [-0.2, -0.15) is 0 Å². The van der Waals surface area contributed by atoms with Crippen LogP contribution in [-0.2, 0) is 9.59 Å². The molecule has 10 heteroatoms. The molecular formula is C26H20F3NO6. The predicted octanol–water partition coefficient (Wildman–Crippen LogP) is 5.23. The predicted molar refractivity (Wildman–Crippen MR) is 124 cm³/mol. The molecule has 3 aromatic carbocycles. The molecule has 1 aliphatic heterocycles. The minimum absolute atomic E-state index is 0.0274. The van der Waals surface area contributed by atoms with Crippen molar-refractivity contribution in [3.8, 4) is 17.2 Å². The fourth-order valence-corrected chi connectivity index (χ4v) is 3.96. The first kappa shape index (κ1) is 24.6. The third-order valence-corrected chi connectivity index (χ3v) is 5.55. The minimum Gasteiger partial charge on any atom is -0.507 e. The highest BCUT2D eigenvalue weighted by molar-refractivity contribution is 6.51.